The molecule has 1 atom stereocenters. The van der Waals surface area contributed by atoms with Crippen LogP contribution in [0.2, 0.25) is 0 Å². The summed E-state index contributed by atoms with van der Waals surface area (Å²) in [7, 11) is 3.91. The number of esters is 1. The van der Waals surface area contributed by atoms with Gasteiger partial charge in [0.1, 0.15) is 12.6 Å². The van der Waals surface area contributed by atoms with Crippen LogP contribution in [0.15, 0.2) is 18.2 Å². The molecule has 4 nitrogen and oxygen atoms in total. The van der Waals surface area contributed by atoms with E-state index in [1.165, 1.54) is 5.56 Å². The second-order valence-electron chi connectivity index (χ2n) is 5.30. The van der Waals surface area contributed by atoms with E-state index in [0.29, 0.717) is 6.61 Å². The monoisotopic (exact) mass is 278 g/mol. The third-order valence-electron chi connectivity index (χ3n) is 3.24. The van der Waals surface area contributed by atoms with Gasteiger partial charge in [-0.2, -0.15) is 0 Å². The number of benzene rings is 1. The standard InChI is InChI=1S/C16H26N2O2/c1-6-14-9-7-8-12(2)15(14)17-13(3)16(19)20-11-10-18(4)5/h7-9,13,17H,6,10-11H2,1-5H3/t13-/m0/s1. The third kappa shape index (κ3) is 4.85. The lowest BCUT2D eigenvalue weighted by molar-refractivity contribution is -0.144. The number of rotatable bonds is 7. The van der Waals surface area contributed by atoms with Crippen molar-refractivity contribution in [3.05, 3.63) is 29.3 Å². The van der Waals surface area contributed by atoms with Crippen LogP contribution in [0.25, 0.3) is 0 Å². The molecule has 4 heteroatoms. The second-order valence-corrected chi connectivity index (χ2v) is 5.30. The highest BCUT2D eigenvalue weighted by molar-refractivity contribution is 5.79. The Balaban J connectivity index is 2.61. The van der Waals surface area contributed by atoms with Crippen molar-refractivity contribution in [3.63, 3.8) is 0 Å². The Labute approximate surface area is 122 Å². The van der Waals surface area contributed by atoms with Gasteiger partial charge in [-0.3, -0.25) is 0 Å². The summed E-state index contributed by atoms with van der Waals surface area (Å²) in [6.07, 6.45) is 0.937. The highest BCUT2D eigenvalue weighted by Gasteiger charge is 2.16. The van der Waals surface area contributed by atoms with Crippen molar-refractivity contribution in [2.75, 3.05) is 32.6 Å². The minimum atomic E-state index is -0.344. The zero-order valence-corrected chi connectivity index (χ0v) is 13.2. The number of nitrogens with zero attached hydrogens (tertiary/aromatic N) is 1. The highest BCUT2D eigenvalue weighted by atomic mass is 16.5. The van der Waals surface area contributed by atoms with Gasteiger partial charge < -0.3 is 15.0 Å². The SMILES string of the molecule is CCc1cccc(C)c1N[C@@H](C)C(=O)OCCN(C)C. The van der Waals surface area contributed by atoms with E-state index in [0.717, 1.165) is 24.2 Å². The van der Waals surface area contributed by atoms with E-state index in [9.17, 15) is 4.79 Å². The Morgan fingerprint density at radius 1 is 1.40 bits per heavy atom. The number of carbonyl (C=O) groups is 1. The first-order valence-electron chi connectivity index (χ1n) is 7.12. The minimum Gasteiger partial charge on any atom is -0.463 e. The van der Waals surface area contributed by atoms with Gasteiger partial charge >= 0.3 is 5.97 Å². The first kappa shape index (κ1) is 16.5. The van der Waals surface area contributed by atoms with E-state index in [-0.39, 0.29) is 12.0 Å². The van der Waals surface area contributed by atoms with E-state index in [1.54, 1.807) is 0 Å². The zero-order valence-electron chi connectivity index (χ0n) is 13.2. The van der Waals surface area contributed by atoms with E-state index < -0.39 is 0 Å². The molecule has 1 aromatic carbocycles. The maximum Gasteiger partial charge on any atom is 0.328 e. The van der Waals surface area contributed by atoms with Crippen LogP contribution in [0, 0.1) is 6.92 Å². The Bertz CT molecular complexity index is 444. The highest BCUT2D eigenvalue weighted by Crippen LogP contribution is 2.22. The topological polar surface area (TPSA) is 41.6 Å². The van der Waals surface area contributed by atoms with E-state index >= 15 is 0 Å². The van der Waals surface area contributed by atoms with E-state index in [1.807, 2.05) is 45.0 Å². The Kier molecular flexibility index (Phi) is 6.52. The summed E-state index contributed by atoms with van der Waals surface area (Å²) < 4.78 is 5.26. The molecule has 0 unspecified atom stereocenters. The smallest absolute Gasteiger partial charge is 0.328 e. The average molecular weight is 278 g/mol. The summed E-state index contributed by atoms with van der Waals surface area (Å²) in [5, 5.41) is 3.28. The molecule has 1 N–H and O–H groups in total. The van der Waals surface area contributed by atoms with Crippen LogP contribution in [-0.4, -0.2) is 44.2 Å². The molecule has 1 aromatic rings. The molecule has 0 aliphatic heterocycles. The normalized spacial score (nSPS) is 12.3. The maximum atomic E-state index is 11.9. The molecule has 1 rings (SSSR count). The predicted octanol–water partition coefficient (Wildman–Crippen LogP) is 2.46. The Hall–Kier alpha value is -1.55. The number of anilines is 1. The van der Waals surface area contributed by atoms with Crippen molar-refractivity contribution in [1.82, 2.24) is 4.90 Å². The summed E-state index contributed by atoms with van der Waals surface area (Å²) in [5.74, 6) is -0.211. The van der Waals surface area contributed by atoms with Gasteiger partial charge in [0, 0.05) is 12.2 Å². The fourth-order valence-electron chi connectivity index (χ4n) is 1.96. The number of ether oxygens (including phenoxy) is 1. The van der Waals surface area contributed by atoms with Crippen molar-refractivity contribution in [1.29, 1.82) is 0 Å². The number of hydrogen-bond donors (Lipinski definition) is 1. The maximum absolute atomic E-state index is 11.9. The molecule has 0 amide bonds. The van der Waals surface area contributed by atoms with E-state index in [2.05, 4.69) is 18.3 Å². The van der Waals surface area contributed by atoms with Gasteiger partial charge in [0.15, 0.2) is 0 Å². The molecule has 0 spiro atoms. The van der Waals surface area contributed by atoms with Gasteiger partial charge in [-0.1, -0.05) is 25.1 Å². The van der Waals surface area contributed by atoms with Gasteiger partial charge in [0.2, 0.25) is 0 Å². The molecule has 0 radical (unpaired) electrons. The summed E-state index contributed by atoms with van der Waals surface area (Å²) in [4.78, 5) is 13.9. The summed E-state index contributed by atoms with van der Waals surface area (Å²) >= 11 is 0. The van der Waals surface area contributed by atoms with Crippen molar-refractivity contribution in [2.24, 2.45) is 0 Å². The molecule has 0 heterocycles. The average Bonchev–Trinajstić information content (AvgIpc) is 2.40. The second kappa shape index (κ2) is 7.90. The molecule has 0 aliphatic carbocycles. The van der Waals surface area contributed by atoms with Crippen LogP contribution in [0.4, 0.5) is 5.69 Å². The molecular weight excluding hydrogens is 252 g/mol. The fourth-order valence-corrected chi connectivity index (χ4v) is 1.96. The molecule has 20 heavy (non-hydrogen) atoms. The quantitative estimate of drug-likeness (QED) is 0.778. The van der Waals surface area contributed by atoms with Gasteiger partial charge in [0.25, 0.3) is 0 Å². The fraction of sp³-hybridized carbons (Fsp3) is 0.562. The first-order chi connectivity index (χ1) is 9.45. The number of aryl methyl sites for hydroxylation is 2. The number of carbonyl (C=O) groups excluding carboxylic acids is 1. The molecule has 0 fully saturated rings. The summed E-state index contributed by atoms with van der Waals surface area (Å²) in [5.41, 5.74) is 3.42. The lowest BCUT2D eigenvalue weighted by Gasteiger charge is -2.19. The number of para-hydroxylation sites is 1. The number of hydrogen-bond acceptors (Lipinski definition) is 4. The van der Waals surface area contributed by atoms with Crippen molar-refractivity contribution >= 4 is 11.7 Å². The van der Waals surface area contributed by atoms with E-state index in [4.69, 9.17) is 4.74 Å². The molecule has 0 bridgehead atoms. The largest absolute Gasteiger partial charge is 0.463 e. The summed E-state index contributed by atoms with van der Waals surface area (Å²) in [6.45, 7) is 7.16. The van der Waals surface area contributed by atoms with Crippen molar-refractivity contribution in [3.8, 4) is 0 Å². The molecule has 112 valence electrons. The van der Waals surface area contributed by atoms with Crippen LogP contribution in [-0.2, 0) is 16.0 Å². The van der Waals surface area contributed by atoms with Gasteiger partial charge in [-0.05, 0) is 45.5 Å². The van der Waals surface area contributed by atoms with Crippen LogP contribution < -0.4 is 5.32 Å². The number of nitrogens with one attached hydrogen (secondary N) is 1. The van der Waals surface area contributed by atoms with Gasteiger partial charge in [0.05, 0.1) is 0 Å². The third-order valence-corrected chi connectivity index (χ3v) is 3.24. The molecule has 0 saturated carbocycles. The van der Waals surface area contributed by atoms with Gasteiger partial charge in [-0.25, -0.2) is 4.79 Å². The Morgan fingerprint density at radius 3 is 2.70 bits per heavy atom. The van der Waals surface area contributed by atoms with Crippen molar-refractivity contribution < 1.29 is 9.53 Å². The lowest BCUT2D eigenvalue weighted by atomic mass is 10.1. The molecule has 0 aromatic heterocycles. The summed E-state index contributed by atoms with van der Waals surface area (Å²) in [6, 6.07) is 5.83. The van der Waals surface area contributed by atoms with Crippen LogP contribution in [0.3, 0.4) is 0 Å². The molecule has 0 aliphatic rings. The zero-order chi connectivity index (χ0) is 15.1. The first-order valence-corrected chi connectivity index (χ1v) is 7.12. The predicted molar refractivity (Wildman–Crippen MR) is 83.2 cm³/mol. The molecule has 0 saturated heterocycles. The van der Waals surface area contributed by atoms with Gasteiger partial charge in [-0.15, -0.1) is 0 Å². The minimum absolute atomic E-state index is 0.211. The molecular formula is C16H26N2O2. The lowest BCUT2D eigenvalue weighted by Crippen LogP contribution is -2.31. The van der Waals surface area contributed by atoms with Crippen molar-refractivity contribution in [2.45, 2.75) is 33.2 Å². The Morgan fingerprint density at radius 2 is 2.10 bits per heavy atom. The van der Waals surface area contributed by atoms with Crippen LogP contribution in [0.1, 0.15) is 25.0 Å². The number of likely N-dealkylation sites (N-methyl/N-ethyl adjacent to an activating group) is 1. The van der Waals surface area contributed by atoms with Crippen LogP contribution >= 0.6 is 0 Å². The van der Waals surface area contributed by atoms with Crippen LogP contribution in [0.5, 0.6) is 0 Å².